The fraction of sp³-hybridized carbons (Fsp3) is 0.292. The molecular weight excluding hydrogens is 458 g/mol. The number of sulfonamides is 1. The van der Waals surface area contributed by atoms with Crippen molar-refractivity contribution in [2.24, 2.45) is 5.92 Å². The first-order valence-corrected chi connectivity index (χ1v) is 12.4. The lowest BCUT2D eigenvalue weighted by atomic mass is 9.97. The first-order chi connectivity index (χ1) is 16.4. The van der Waals surface area contributed by atoms with Crippen molar-refractivity contribution in [3.63, 3.8) is 0 Å². The van der Waals surface area contributed by atoms with Crippen molar-refractivity contribution in [1.29, 1.82) is 0 Å². The van der Waals surface area contributed by atoms with Gasteiger partial charge in [-0.05, 0) is 56.2 Å². The summed E-state index contributed by atoms with van der Waals surface area (Å²) in [4.78, 5) is 28.6. The van der Waals surface area contributed by atoms with E-state index in [0.717, 1.165) is 5.56 Å². The number of carbonyl (C=O) groups excluding carboxylic acids is 2. The van der Waals surface area contributed by atoms with Crippen molar-refractivity contribution < 1.29 is 27.2 Å². The molecule has 34 heavy (non-hydrogen) atoms. The molecule has 0 aliphatic carbocycles. The zero-order chi connectivity index (χ0) is 24.1. The summed E-state index contributed by atoms with van der Waals surface area (Å²) >= 11 is 0. The number of carbonyl (C=O) groups is 2. The average Bonchev–Trinajstić information content (AvgIpc) is 3.40. The van der Waals surface area contributed by atoms with E-state index >= 15 is 0 Å². The van der Waals surface area contributed by atoms with Crippen LogP contribution < -0.4 is 5.32 Å². The molecule has 3 aromatic rings. The van der Waals surface area contributed by atoms with Crippen LogP contribution >= 0.6 is 0 Å². The van der Waals surface area contributed by atoms with Gasteiger partial charge in [0, 0.05) is 30.3 Å². The maximum absolute atomic E-state index is 13.0. The number of hydrogen-bond acceptors (Lipinski definition) is 7. The summed E-state index contributed by atoms with van der Waals surface area (Å²) in [5, 5.41) is 2.91. The third kappa shape index (κ3) is 5.18. The van der Waals surface area contributed by atoms with Crippen molar-refractivity contribution in [2.45, 2.75) is 24.7 Å². The molecule has 1 amide bonds. The van der Waals surface area contributed by atoms with Crippen molar-refractivity contribution in [3.05, 3.63) is 66.7 Å². The van der Waals surface area contributed by atoms with Crippen molar-refractivity contribution in [3.8, 4) is 11.3 Å². The number of amides is 1. The standard InChI is InChI=1S/C24H25N3O6S/c1-2-32-24(29)18-6-8-21(9-7-18)34(30,31)27-12-10-17(11-13-27)23(28)26-20-5-3-4-19(14-20)22-15-25-16-33-22/h3-9,14-17H,2,10-13H2,1H3,(H,26,28). The average molecular weight is 484 g/mol. The molecule has 4 rings (SSSR count). The molecule has 0 bridgehead atoms. The zero-order valence-electron chi connectivity index (χ0n) is 18.6. The lowest BCUT2D eigenvalue weighted by molar-refractivity contribution is -0.120. The fourth-order valence-electron chi connectivity index (χ4n) is 3.84. The topological polar surface area (TPSA) is 119 Å². The molecular formula is C24H25N3O6S. The van der Waals surface area contributed by atoms with Gasteiger partial charge in [-0.15, -0.1) is 0 Å². The Labute approximate surface area is 197 Å². The second kappa shape index (κ2) is 10.2. The molecule has 10 heteroatoms. The minimum absolute atomic E-state index is 0.104. The van der Waals surface area contributed by atoms with Crippen LogP contribution in [0.15, 0.2) is 70.4 Å². The first kappa shape index (κ1) is 23.7. The molecule has 1 saturated heterocycles. The Bertz CT molecular complexity index is 1250. The summed E-state index contributed by atoms with van der Waals surface area (Å²) in [6, 6.07) is 13.0. The molecule has 1 aromatic heterocycles. The number of nitrogens with zero attached hydrogens (tertiary/aromatic N) is 2. The summed E-state index contributed by atoms with van der Waals surface area (Å²) in [6.07, 6.45) is 3.76. The molecule has 1 aliphatic rings. The quantitative estimate of drug-likeness (QED) is 0.510. The first-order valence-electron chi connectivity index (χ1n) is 11.0. The van der Waals surface area contributed by atoms with E-state index in [1.807, 2.05) is 12.1 Å². The van der Waals surface area contributed by atoms with E-state index in [2.05, 4.69) is 10.3 Å². The van der Waals surface area contributed by atoms with Gasteiger partial charge in [0.05, 0.1) is 23.3 Å². The molecule has 178 valence electrons. The predicted molar refractivity (Wildman–Crippen MR) is 124 cm³/mol. The lowest BCUT2D eigenvalue weighted by Crippen LogP contribution is -2.41. The van der Waals surface area contributed by atoms with Crippen LogP contribution in [-0.2, 0) is 19.6 Å². The Balaban J connectivity index is 1.36. The van der Waals surface area contributed by atoms with E-state index in [1.165, 1.54) is 35.0 Å². The molecule has 0 spiro atoms. The SMILES string of the molecule is CCOC(=O)c1ccc(S(=O)(=O)N2CCC(C(=O)Nc3cccc(-c4cnco4)c3)CC2)cc1. The highest BCUT2D eigenvalue weighted by atomic mass is 32.2. The molecule has 1 fully saturated rings. The van der Waals surface area contributed by atoms with Crippen LogP contribution in [0, 0.1) is 5.92 Å². The van der Waals surface area contributed by atoms with Gasteiger partial charge in [-0.25, -0.2) is 18.2 Å². The van der Waals surface area contributed by atoms with Crippen LogP contribution in [0.4, 0.5) is 5.69 Å². The van der Waals surface area contributed by atoms with Crippen LogP contribution in [0.5, 0.6) is 0 Å². The van der Waals surface area contributed by atoms with Crippen LogP contribution in [0.25, 0.3) is 11.3 Å². The maximum atomic E-state index is 13.0. The molecule has 2 aromatic carbocycles. The predicted octanol–water partition coefficient (Wildman–Crippen LogP) is 3.56. The number of rotatable bonds is 7. The number of esters is 1. The summed E-state index contributed by atoms with van der Waals surface area (Å²) in [5.41, 5.74) is 1.73. The lowest BCUT2D eigenvalue weighted by Gasteiger charge is -2.30. The van der Waals surface area contributed by atoms with Gasteiger partial charge in [0.2, 0.25) is 15.9 Å². The Morgan fingerprint density at radius 3 is 2.53 bits per heavy atom. The number of ether oxygens (including phenoxy) is 1. The van der Waals surface area contributed by atoms with E-state index in [9.17, 15) is 18.0 Å². The van der Waals surface area contributed by atoms with Crippen LogP contribution in [0.2, 0.25) is 0 Å². The number of aromatic nitrogens is 1. The van der Waals surface area contributed by atoms with Gasteiger partial charge in [0.25, 0.3) is 0 Å². The number of hydrogen-bond donors (Lipinski definition) is 1. The third-order valence-corrected chi connectivity index (χ3v) is 7.59. The van der Waals surface area contributed by atoms with Gasteiger partial charge >= 0.3 is 5.97 Å². The highest BCUT2D eigenvalue weighted by Gasteiger charge is 2.32. The number of nitrogens with one attached hydrogen (secondary N) is 1. The Morgan fingerprint density at radius 1 is 1.15 bits per heavy atom. The van der Waals surface area contributed by atoms with Crippen molar-refractivity contribution >= 4 is 27.6 Å². The number of benzene rings is 2. The second-order valence-electron chi connectivity index (χ2n) is 7.86. The number of piperidine rings is 1. The highest BCUT2D eigenvalue weighted by Crippen LogP contribution is 2.27. The summed E-state index contributed by atoms with van der Waals surface area (Å²) in [5.74, 6) is -0.341. The monoisotopic (exact) mass is 483 g/mol. The molecule has 2 heterocycles. The zero-order valence-corrected chi connectivity index (χ0v) is 19.5. The van der Waals surface area contributed by atoms with E-state index < -0.39 is 16.0 Å². The van der Waals surface area contributed by atoms with E-state index in [-0.39, 0.29) is 36.4 Å². The Hall–Kier alpha value is -3.50. The third-order valence-electron chi connectivity index (χ3n) is 5.67. The smallest absolute Gasteiger partial charge is 0.338 e. The van der Waals surface area contributed by atoms with Crippen LogP contribution in [0.3, 0.4) is 0 Å². The molecule has 9 nitrogen and oxygen atoms in total. The van der Waals surface area contributed by atoms with Gasteiger partial charge < -0.3 is 14.5 Å². The molecule has 0 unspecified atom stereocenters. The Morgan fingerprint density at radius 2 is 1.88 bits per heavy atom. The molecule has 1 N–H and O–H groups in total. The van der Waals surface area contributed by atoms with Gasteiger partial charge in [-0.2, -0.15) is 4.31 Å². The summed E-state index contributed by atoms with van der Waals surface area (Å²) in [6.45, 7) is 2.42. The minimum Gasteiger partial charge on any atom is -0.462 e. The normalized spacial score (nSPS) is 15.1. The highest BCUT2D eigenvalue weighted by molar-refractivity contribution is 7.89. The summed E-state index contributed by atoms with van der Waals surface area (Å²) < 4.78 is 37.6. The number of anilines is 1. The maximum Gasteiger partial charge on any atom is 0.338 e. The largest absolute Gasteiger partial charge is 0.462 e. The molecule has 0 saturated carbocycles. The molecule has 0 radical (unpaired) electrons. The second-order valence-corrected chi connectivity index (χ2v) is 9.80. The van der Waals surface area contributed by atoms with E-state index in [0.29, 0.717) is 29.9 Å². The van der Waals surface area contributed by atoms with Crippen LogP contribution in [-0.4, -0.2) is 49.3 Å². The molecule has 0 atom stereocenters. The van der Waals surface area contributed by atoms with Gasteiger partial charge in [-0.3, -0.25) is 4.79 Å². The van der Waals surface area contributed by atoms with E-state index in [1.54, 1.807) is 25.3 Å². The van der Waals surface area contributed by atoms with Gasteiger partial charge in [0.1, 0.15) is 0 Å². The van der Waals surface area contributed by atoms with Gasteiger partial charge in [0.15, 0.2) is 12.2 Å². The Kier molecular flexibility index (Phi) is 7.09. The summed E-state index contributed by atoms with van der Waals surface area (Å²) in [7, 11) is -3.72. The number of oxazole rings is 1. The van der Waals surface area contributed by atoms with Crippen molar-refractivity contribution in [2.75, 3.05) is 25.0 Å². The van der Waals surface area contributed by atoms with Gasteiger partial charge in [-0.1, -0.05) is 12.1 Å². The van der Waals surface area contributed by atoms with Crippen LogP contribution in [0.1, 0.15) is 30.1 Å². The fourth-order valence-corrected chi connectivity index (χ4v) is 5.31. The van der Waals surface area contributed by atoms with E-state index in [4.69, 9.17) is 9.15 Å². The molecule has 1 aliphatic heterocycles. The minimum atomic E-state index is -3.72. The van der Waals surface area contributed by atoms with Crippen molar-refractivity contribution in [1.82, 2.24) is 9.29 Å².